The minimum absolute atomic E-state index is 0.0100. The molecule has 0 spiro atoms. The maximum absolute atomic E-state index is 12.1. The Hall–Kier alpha value is -1.60. The summed E-state index contributed by atoms with van der Waals surface area (Å²) in [6.07, 6.45) is 1.48. The van der Waals surface area contributed by atoms with E-state index < -0.39 is 10.0 Å². The number of nitrogens with zero attached hydrogens (tertiary/aromatic N) is 1. The molecule has 0 aliphatic carbocycles. The van der Waals surface area contributed by atoms with Crippen LogP contribution in [0.1, 0.15) is 12.8 Å². The average Bonchev–Trinajstić information content (AvgIpc) is 3.08. The van der Waals surface area contributed by atoms with E-state index in [0.717, 1.165) is 13.0 Å². The van der Waals surface area contributed by atoms with E-state index in [1.54, 1.807) is 24.3 Å². The molecule has 1 atom stereocenters. The van der Waals surface area contributed by atoms with Crippen molar-refractivity contribution in [3.63, 3.8) is 0 Å². The van der Waals surface area contributed by atoms with Crippen molar-refractivity contribution >= 4 is 27.3 Å². The van der Waals surface area contributed by atoms with Gasteiger partial charge in [-0.1, -0.05) is 6.07 Å². The smallest absolute Gasteiger partial charge is 0.235 e. The molecule has 0 bridgehead atoms. The van der Waals surface area contributed by atoms with Gasteiger partial charge in [0.05, 0.1) is 17.4 Å². The van der Waals surface area contributed by atoms with Crippen LogP contribution in [-0.2, 0) is 14.8 Å². The summed E-state index contributed by atoms with van der Waals surface area (Å²) in [6, 6.07) is 7.04. The minimum Gasteiger partial charge on any atom is -0.326 e. The van der Waals surface area contributed by atoms with Crippen LogP contribution in [-0.4, -0.2) is 39.7 Å². The summed E-state index contributed by atoms with van der Waals surface area (Å²) in [6.45, 7) is 2.07. The molecule has 2 heterocycles. The molecular formula is C14H19N3O3S. The van der Waals surface area contributed by atoms with Crippen molar-refractivity contribution < 1.29 is 13.2 Å². The zero-order chi connectivity index (χ0) is 14.9. The first-order chi connectivity index (χ1) is 10.1. The highest BCUT2D eigenvalue weighted by molar-refractivity contribution is 7.93. The average molecular weight is 309 g/mol. The van der Waals surface area contributed by atoms with Gasteiger partial charge in [0.1, 0.15) is 0 Å². The summed E-state index contributed by atoms with van der Waals surface area (Å²) in [5, 5.41) is 6.03. The number of carbonyl (C=O) groups is 1. The van der Waals surface area contributed by atoms with Crippen molar-refractivity contribution in [3.05, 3.63) is 24.3 Å². The summed E-state index contributed by atoms with van der Waals surface area (Å²) in [7, 11) is -3.19. The fraction of sp³-hybridized carbons (Fsp3) is 0.500. The second-order valence-electron chi connectivity index (χ2n) is 5.47. The van der Waals surface area contributed by atoms with Gasteiger partial charge in [-0.3, -0.25) is 9.10 Å². The van der Waals surface area contributed by atoms with Gasteiger partial charge in [0, 0.05) is 18.8 Å². The molecule has 3 rings (SSSR count). The molecular weight excluding hydrogens is 290 g/mol. The number of hydrogen-bond acceptors (Lipinski definition) is 4. The van der Waals surface area contributed by atoms with Gasteiger partial charge >= 0.3 is 0 Å². The highest BCUT2D eigenvalue weighted by atomic mass is 32.2. The van der Waals surface area contributed by atoms with Crippen LogP contribution in [0.3, 0.4) is 0 Å². The van der Waals surface area contributed by atoms with Gasteiger partial charge in [-0.15, -0.1) is 0 Å². The fourth-order valence-electron chi connectivity index (χ4n) is 2.79. The molecule has 0 saturated carbocycles. The molecule has 1 unspecified atom stereocenters. The highest BCUT2D eigenvalue weighted by Crippen LogP contribution is 2.26. The molecule has 0 aromatic heterocycles. The predicted molar refractivity (Wildman–Crippen MR) is 81.8 cm³/mol. The lowest BCUT2D eigenvalue weighted by atomic mass is 10.1. The third-order valence-corrected chi connectivity index (χ3v) is 5.80. The van der Waals surface area contributed by atoms with Gasteiger partial charge in [-0.05, 0) is 37.6 Å². The predicted octanol–water partition coefficient (Wildman–Crippen LogP) is 0.774. The van der Waals surface area contributed by atoms with Crippen molar-refractivity contribution in [1.82, 2.24) is 5.32 Å². The summed E-state index contributed by atoms with van der Waals surface area (Å²) in [5.74, 6) is 0.169. The Labute approximate surface area is 124 Å². The zero-order valence-corrected chi connectivity index (χ0v) is 12.5. The molecule has 0 radical (unpaired) electrons. The lowest BCUT2D eigenvalue weighted by Crippen LogP contribution is -2.26. The van der Waals surface area contributed by atoms with Crippen LogP contribution in [0, 0.1) is 5.92 Å². The van der Waals surface area contributed by atoms with Crippen LogP contribution in [0.2, 0.25) is 0 Å². The lowest BCUT2D eigenvalue weighted by molar-refractivity contribution is -0.119. The SMILES string of the molecule is O=C(Nc1cccc(N2CCCS2(=O)=O)c1)C1CCNC1. The van der Waals surface area contributed by atoms with Crippen LogP contribution in [0.5, 0.6) is 0 Å². The van der Waals surface area contributed by atoms with E-state index in [9.17, 15) is 13.2 Å². The second kappa shape index (κ2) is 5.65. The summed E-state index contributed by atoms with van der Waals surface area (Å²) in [4.78, 5) is 12.1. The molecule has 1 amide bonds. The van der Waals surface area contributed by atoms with E-state index in [-0.39, 0.29) is 17.6 Å². The van der Waals surface area contributed by atoms with Gasteiger partial charge in [0.2, 0.25) is 15.9 Å². The lowest BCUT2D eigenvalue weighted by Gasteiger charge is -2.18. The molecule has 6 nitrogen and oxygen atoms in total. The topological polar surface area (TPSA) is 78.5 Å². The van der Waals surface area contributed by atoms with Crippen LogP contribution >= 0.6 is 0 Å². The molecule has 1 aromatic carbocycles. The maximum atomic E-state index is 12.1. The van der Waals surface area contributed by atoms with Crippen molar-refractivity contribution in [2.24, 2.45) is 5.92 Å². The van der Waals surface area contributed by atoms with Crippen molar-refractivity contribution in [3.8, 4) is 0 Å². The third kappa shape index (κ3) is 3.03. The fourth-order valence-corrected chi connectivity index (χ4v) is 4.35. The molecule has 2 saturated heterocycles. The van der Waals surface area contributed by atoms with Gasteiger partial charge in [0.15, 0.2) is 0 Å². The maximum Gasteiger partial charge on any atom is 0.235 e. The van der Waals surface area contributed by atoms with Crippen LogP contribution < -0.4 is 14.9 Å². The number of carbonyl (C=O) groups excluding carboxylic acids is 1. The van der Waals surface area contributed by atoms with Crippen molar-refractivity contribution in [1.29, 1.82) is 0 Å². The van der Waals surface area contributed by atoms with Crippen molar-refractivity contribution in [2.75, 3.05) is 35.0 Å². The molecule has 1 aromatic rings. The number of rotatable bonds is 3. The Bertz CT molecular complexity index is 639. The van der Waals surface area contributed by atoms with Crippen LogP contribution in [0.4, 0.5) is 11.4 Å². The molecule has 21 heavy (non-hydrogen) atoms. The summed E-state index contributed by atoms with van der Waals surface area (Å²) < 4.78 is 25.3. The van der Waals surface area contributed by atoms with E-state index in [1.807, 2.05) is 0 Å². The monoisotopic (exact) mass is 309 g/mol. The van der Waals surface area contributed by atoms with Gasteiger partial charge in [0.25, 0.3) is 0 Å². The van der Waals surface area contributed by atoms with E-state index in [4.69, 9.17) is 0 Å². The van der Waals surface area contributed by atoms with Gasteiger partial charge < -0.3 is 10.6 Å². The van der Waals surface area contributed by atoms with E-state index in [1.165, 1.54) is 4.31 Å². The number of amides is 1. The Kier molecular flexibility index (Phi) is 3.86. The number of hydrogen-bond donors (Lipinski definition) is 2. The van der Waals surface area contributed by atoms with Gasteiger partial charge in [-0.2, -0.15) is 0 Å². The first-order valence-electron chi connectivity index (χ1n) is 7.18. The minimum atomic E-state index is -3.19. The van der Waals surface area contributed by atoms with Crippen LogP contribution in [0.15, 0.2) is 24.3 Å². The van der Waals surface area contributed by atoms with Crippen molar-refractivity contribution in [2.45, 2.75) is 12.8 Å². The Morgan fingerprint density at radius 1 is 1.38 bits per heavy atom. The van der Waals surface area contributed by atoms with Gasteiger partial charge in [-0.25, -0.2) is 8.42 Å². The Morgan fingerprint density at radius 3 is 2.90 bits per heavy atom. The first kappa shape index (κ1) is 14.3. The van der Waals surface area contributed by atoms with E-state index in [2.05, 4.69) is 10.6 Å². The molecule has 2 aliphatic rings. The second-order valence-corrected chi connectivity index (χ2v) is 7.48. The third-order valence-electron chi connectivity index (χ3n) is 3.93. The van der Waals surface area contributed by atoms with E-state index >= 15 is 0 Å². The molecule has 2 fully saturated rings. The Morgan fingerprint density at radius 2 is 2.24 bits per heavy atom. The molecule has 2 N–H and O–H groups in total. The Balaban J connectivity index is 1.75. The molecule has 2 aliphatic heterocycles. The zero-order valence-electron chi connectivity index (χ0n) is 11.7. The molecule has 114 valence electrons. The standard InChI is InChI=1S/C14H19N3O3S/c18-14(11-5-6-15-10-11)16-12-3-1-4-13(9-12)17-7-2-8-21(17,19)20/h1,3-4,9,11,15H,2,5-8,10H2,(H,16,18). The summed E-state index contributed by atoms with van der Waals surface area (Å²) >= 11 is 0. The largest absolute Gasteiger partial charge is 0.326 e. The highest BCUT2D eigenvalue weighted by Gasteiger charge is 2.28. The van der Waals surface area contributed by atoms with Crippen LogP contribution in [0.25, 0.3) is 0 Å². The number of anilines is 2. The normalized spacial score (nSPS) is 24.2. The van der Waals surface area contributed by atoms with E-state index in [0.29, 0.717) is 30.9 Å². The molecule has 7 heteroatoms. The quantitative estimate of drug-likeness (QED) is 0.864. The summed E-state index contributed by atoms with van der Waals surface area (Å²) in [5.41, 5.74) is 1.27. The number of nitrogens with one attached hydrogen (secondary N) is 2. The first-order valence-corrected chi connectivity index (χ1v) is 8.79. The number of benzene rings is 1. The number of sulfonamides is 1.